The third-order valence-electron chi connectivity index (χ3n) is 6.40. The summed E-state index contributed by atoms with van der Waals surface area (Å²) in [5.74, 6) is 0.338. The first-order valence-electron chi connectivity index (χ1n) is 12.2. The van der Waals surface area contributed by atoms with Gasteiger partial charge in [-0.25, -0.2) is 4.98 Å². The molecule has 0 unspecified atom stereocenters. The average molecular weight is 472 g/mol. The maximum atomic E-state index is 12.4. The van der Waals surface area contributed by atoms with Crippen molar-refractivity contribution in [3.05, 3.63) is 75.8 Å². The standard InChI is InChI=1S/C27H33N7O/c1-5-12-32-13-15-33(16-14-32)18-21-6-8-22(9-7-21)20(4)29-27-30-24(17-28)23-10-11-25(35)34(19(2)3)26(23)31-27/h5-12,19-20H,13-16,18H2,1-4H3,(H,29,30,31)/t20-/m0/s1. The van der Waals surface area contributed by atoms with E-state index in [1.54, 1.807) is 10.6 Å². The lowest BCUT2D eigenvalue weighted by atomic mass is 10.1. The summed E-state index contributed by atoms with van der Waals surface area (Å²) in [5.41, 5.74) is 2.97. The van der Waals surface area contributed by atoms with Crippen LogP contribution >= 0.6 is 0 Å². The molecule has 8 heteroatoms. The van der Waals surface area contributed by atoms with Crippen molar-refractivity contribution >= 4 is 17.0 Å². The molecule has 1 aromatic carbocycles. The molecule has 0 bridgehead atoms. The Balaban J connectivity index is 1.48. The number of rotatable bonds is 7. The number of fused-ring (bicyclic) bond motifs is 1. The van der Waals surface area contributed by atoms with Crippen LogP contribution in [0.25, 0.3) is 11.0 Å². The van der Waals surface area contributed by atoms with E-state index in [0.717, 1.165) is 38.3 Å². The highest BCUT2D eigenvalue weighted by atomic mass is 16.1. The van der Waals surface area contributed by atoms with Crippen LogP contribution in [0.5, 0.6) is 0 Å². The van der Waals surface area contributed by atoms with Gasteiger partial charge in [-0.2, -0.15) is 10.2 Å². The molecule has 3 aromatic rings. The zero-order valence-corrected chi connectivity index (χ0v) is 20.9. The summed E-state index contributed by atoms with van der Waals surface area (Å²) >= 11 is 0. The van der Waals surface area contributed by atoms with Gasteiger partial charge in [0.2, 0.25) is 5.95 Å². The maximum Gasteiger partial charge on any atom is 0.252 e. The van der Waals surface area contributed by atoms with E-state index in [-0.39, 0.29) is 23.3 Å². The number of nitrogens with zero attached hydrogens (tertiary/aromatic N) is 6. The Kier molecular flexibility index (Phi) is 7.47. The van der Waals surface area contributed by atoms with Crippen LogP contribution < -0.4 is 10.9 Å². The van der Waals surface area contributed by atoms with Crippen molar-refractivity contribution in [2.45, 2.75) is 46.3 Å². The minimum Gasteiger partial charge on any atom is -0.375 e. The molecule has 4 rings (SSSR count). The van der Waals surface area contributed by atoms with Gasteiger partial charge in [0.25, 0.3) is 5.56 Å². The number of anilines is 1. The SMILES string of the molecule is CC=CN1CCN(Cc2ccc([C@H](C)Nc3nc(C#N)c4ccc(=O)n(C(C)C)c4n3)cc2)CC1. The second kappa shape index (κ2) is 10.7. The van der Waals surface area contributed by atoms with Gasteiger partial charge in [0.15, 0.2) is 5.69 Å². The monoisotopic (exact) mass is 471 g/mol. The molecule has 8 nitrogen and oxygen atoms in total. The number of pyridine rings is 1. The summed E-state index contributed by atoms with van der Waals surface area (Å²) < 4.78 is 1.60. The lowest BCUT2D eigenvalue weighted by molar-refractivity contribution is 0.162. The number of aromatic nitrogens is 3. The quantitative estimate of drug-likeness (QED) is 0.555. The highest BCUT2D eigenvalue weighted by Gasteiger charge is 2.17. The van der Waals surface area contributed by atoms with Crippen molar-refractivity contribution < 1.29 is 0 Å². The lowest BCUT2D eigenvalue weighted by Crippen LogP contribution is -2.43. The Bertz CT molecular complexity index is 1300. The molecular formula is C27H33N7O. The summed E-state index contributed by atoms with van der Waals surface area (Å²) in [5, 5.41) is 13.5. The van der Waals surface area contributed by atoms with Gasteiger partial charge in [0.1, 0.15) is 11.7 Å². The predicted molar refractivity (Wildman–Crippen MR) is 139 cm³/mol. The largest absolute Gasteiger partial charge is 0.375 e. The summed E-state index contributed by atoms with van der Waals surface area (Å²) in [6.45, 7) is 13.1. The molecule has 35 heavy (non-hydrogen) atoms. The van der Waals surface area contributed by atoms with E-state index in [1.165, 1.54) is 11.6 Å². The van der Waals surface area contributed by atoms with Gasteiger partial charge < -0.3 is 10.2 Å². The molecule has 1 N–H and O–H groups in total. The second-order valence-electron chi connectivity index (χ2n) is 9.28. The van der Waals surface area contributed by atoms with Crippen LogP contribution in [0.1, 0.15) is 56.6 Å². The zero-order chi connectivity index (χ0) is 24.9. The minimum absolute atomic E-state index is 0.0691. The van der Waals surface area contributed by atoms with Crippen molar-refractivity contribution in [3.63, 3.8) is 0 Å². The molecule has 3 heterocycles. The van der Waals surface area contributed by atoms with Crippen molar-refractivity contribution in [1.82, 2.24) is 24.3 Å². The van der Waals surface area contributed by atoms with Crippen LogP contribution in [0.15, 0.2) is 53.5 Å². The third kappa shape index (κ3) is 5.52. The average Bonchev–Trinajstić information content (AvgIpc) is 2.85. The molecule has 1 atom stereocenters. The van der Waals surface area contributed by atoms with E-state index >= 15 is 0 Å². The predicted octanol–water partition coefficient (Wildman–Crippen LogP) is 4.07. The minimum atomic E-state index is -0.145. The smallest absolute Gasteiger partial charge is 0.252 e. The molecule has 1 aliphatic heterocycles. The van der Waals surface area contributed by atoms with Crippen LogP contribution in [-0.4, -0.2) is 50.5 Å². The Morgan fingerprint density at radius 1 is 1.06 bits per heavy atom. The van der Waals surface area contributed by atoms with Gasteiger partial charge in [-0.05, 0) is 51.1 Å². The summed E-state index contributed by atoms with van der Waals surface area (Å²) in [6.07, 6.45) is 4.26. The molecule has 1 saturated heterocycles. The number of nitriles is 1. The van der Waals surface area contributed by atoms with E-state index in [9.17, 15) is 10.1 Å². The van der Waals surface area contributed by atoms with Crippen molar-refractivity contribution in [2.24, 2.45) is 0 Å². The van der Waals surface area contributed by atoms with Crippen LogP contribution in [0.3, 0.4) is 0 Å². The molecule has 0 amide bonds. The van der Waals surface area contributed by atoms with Crippen LogP contribution in [0, 0.1) is 11.3 Å². The van der Waals surface area contributed by atoms with Crippen molar-refractivity contribution in [2.75, 3.05) is 31.5 Å². The molecule has 182 valence electrons. The molecule has 2 aromatic heterocycles. The molecule has 0 aliphatic carbocycles. The summed E-state index contributed by atoms with van der Waals surface area (Å²) in [4.78, 5) is 26.3. The maximum absolute atomic E-state index is 12.4. The number of benzene rings is 1. The Hall–Kier alpha value is -3.70. The lowest BCUT2D eigenvalue weighted by Gasteiger charge is -2.34. The van der Waals surface area contributed by atoms with Gasteiger partial charge in [-0.15, -0.1) is 0 Å². The van der Waals surface area contributed by atoms with Gasteiger partial charge in [-0.1, -0.05) is 30.3 Å². The van der Waals surface area contributed by atoms with Crippen LogP contribution in [-0.2, 0) is 6.54 Å². The van der Waals surface area contributed by atoms with Gasteiger partial charge in [0, 0.05) is 44.8 Å². The molecule has 1 fully saturated rings. The van der Waals surface area contributed by atoms with E-state index < -0.39 is 0 Å². The summed E-state index contributed by atoms with van der Waals surface area (Å²) in [6, 6.07) is 13.7. The third-order valence-corrected chi connectivity index (χ3v) is 6.40. The molecular weight excluding hydrogens is 438 g/mol. The van der Waals surface area contributed by atoms with Crippen LogP contribution in [0.4, 0.5) is 5.95 Å². The Labute approximate surface area is 206 Å². The van der Waals surface area contributed by atoms with E-state index in [1.807, 2.05) is 20.8 Å². The fourth-order valence-electron chi connectivity index (χ4n) is 4.51. The number of hydrogen-bond acceptors (Lipinski definition) is 7. The van der Waals surface area contributed by atoms with Crippen molar-refractivity contribution in [1.29, 1.82) is 5.26 Å². The second-order valence-corrected chi connectivity index (χ2v) is 9.28. The molecule has 0 saturated carbocycles. The highest BCUT2D eigenvalue weighted by molar-refractivity contribution is 5.81. The first kappa shape index (κ1) is 24.4. The van der Waals surface area contributed by atoms with Gasteiger partial charge in [-0.3, -0.25) is 14.3 Å². The Morgan fingerprint density at radius 3 is 2.40 bits per heavy atom. The Morgan fingerprint density at radius 2 is 1.77 bits per heavy atom. The highest BCUT2D eigenvalue weighted by Crippen LogP contribution is 2.22. The number of nitrogens with one attached hydrogen (secondary N) is 1. The molecule has 0 radical (unpaired) electrons. The number of piperazine rings is 1. The first-order valence-corrected chi connectivity index (χ1v) is 12.2. The first-order chi connectivity index (χ1) is 16.9. The number of allylic oxidation sites excluding steroid dienone is 1. The fraction of sp³-hybridized carbons (Fsp3) is 0.407. The summed E-state index contributed by atoms with van der Waals surface area (Å²) in [7, 11) is 0. The van der Waals surface area contributed by atoms with Crippen LogP contribution in [0.2, 0.25) is 0 Å². The fourth-order valence-corrected chi connectivity index (χ4v) is 4.51. The van der Waals surface area contributed by atoms with Gasteiger partial charge >= 0.3 is 0 Å². The normalized spacial score (nSPS) is 15.6. The molecule has 0 spiro atoms. The van der Waals surface area contributed by atoms with Crippen molar-refractivity contribution in [3.8, 4) is 6.07 Å². The van der Waals surface area contributed by atoms with E-state index in [4.69, 9.17) is 0 Å². The number of hydrogen-bond donors (Lipinski definition) is 1. The topological polar surface area (TPSA) is 90.1 Å². The van der Waals surface area contributed by atoms with E-state index in [0.29, 0.717) is 17.0 Å². The van der Waals surface area contributed by atoms with Gasteiger partial charge in [0.05, 0.1) is 11.4 Å². The molecule has 1 aliphatic rings. The zero-order valence-electron chi connectivity index (χ0n) is 20.9. The van der Waals surface area contributed by atoms with E-state index in [2.05, 4.69) is 74.6 Å².